The minimum absolute atomic E-state index is 0.0124. The van der Waals surface area contributed by atoms with Crippen molar-refractivity contribution in [3.05, 3.63) is 46.5 Å². The maximum Gasteiger partial charge on any atom is 0.326 e. The minimum Gasteiger partial charge on any atom is -0.465 e. The molecule has 0 unspecified atom stereocenters. The zero-order valence-corrected chi connectivity index (χ0v) is 16.5. The number of esters is 1. The molecule has 0 spiro atoms. The van der Waals surface area contributed by atoms with Gasteiger partial charge in [-0.05, 0) is 44.0 Å². The van der Waals surface area contributed by atoms with Gasteiger partial charge in [-0.3, -0.25) is 14.3 Å². The molecule has 3 rings (SSSR count). The van der Waals surface area contributed by atoms with E-state index in [4.69, 9.17) is 4.74 Å². The summed E-state index contributed by atoms with van der Waals surface area (Å²) in [6.45, 7) is 6.67. The van der Waals surface area contributed by atoms with E-state index >= 15 is 0 Å². The van der Waals surface area contributed by atoms with Crippen LogP contribution in [0.25, 0.3) is 10.2 Å². The van der Waals surface area contributed by atoms with Crippen molar-refractivity contribution >= 4 is 33.4 Å². The summed E-state index contributed by atoms with van der Waals surface area (Å²) in [4.78, 5) is 29.5. The number of benzene rings is 1. The molecule has 0 saturated carbocycles. The standard InChI is InChI=1S/C19H22N4O3S/c1-4-13-7-8-14-16(11-13)27-19(22(14)12-17(24)26-6-3)21-18(25)15-9-10-20-23(15)5-2/h7-11H,4-6,12H2,1-3H3. The molecule has 8 heteroatoms. The Morgan fingerprint density at radius 3 is 2.74 bits per heavy atom. The normalized spacial score (nSPS) is 11.9. The Labute approximate surface area is 160 Å². The molecule has 0 N–H and O–H groups in total. The Bertz CT molecular complexity index is 1040. The van der Waals surface area contributed by atoms with Crippen LogP contribution >= 0.6 is 11.3 Å². The van der Waals surface area contributed by atoms with Gasteiger partial charge < -0.3 is 9.30 Å². The van der Waals surface area contributed by atoms with Gasteiger partial charge in [0.2, 0.25) is 0 Å². The van der Waals surface area contributed by atoms with Gasteiger partial charge in [0, 0.05) is 12.7 Å². The second kappa shape index (κ2) is 8.30. The van der Waals surface area contributed by atoms with Gasteiger partial charge in [0.15, 0.2) is 4.80 Å². The van der Waals surface area contributed by atoms with Gasteiger partial charge in [-0.1, -0.05) is 24.3 Å². The quantitative estimate of drug-likeness (QED) is 0.610. The molecule has 27 heavy (non-hydrogen) atoms. The fourth-order valence-electron chi connectivity index (χ4n) is 2.82. The van der Waals surface area contributed by atoms with Crippen LogP contribution < -0.4 is 4.80 Å². The number of amides is 1. The monoisotopic (exact) mass is 386 g/mol. The molecule has 1 aromatic carbocycles. The molecule has 0 saturated heterocycles. The maximum absolute atomic E-state index is 12.7. The van der Waals surface area contributed by atoms with Crippen molar-refractivity contribution in [3.8, 4) is 0 Å². The summed E-state index contributed by atoms with van der Waals surface area (Å²) in [7, 11) is 0. The fraction of sp³-hybridized carbons (Fsp3) is 0.368. The van der Waals surface area contributed by atoms with Gasteiger partial charge in [-0.15, -0.1) is 0 Å². The predicted molar refractivity (Wildman–Crippen MR) is 104 cm³/mol. The van der Waals surface area contributed by atoms with Crippen LogP contribution in [0.3, 0.4) is 0 Å². The van der Waals surface area contributed by atoms with Crippen molar-refractivity contribution in [1.82, 2.24) is 14.3 Å². The number of rotatable bonds is 6. The van der Waals surface area contributed by atoms with E-state index < -0.39 is 0 Å². The topological polar surface area (TPSA) is 78.5 Å². The van der Waals surface area contributed by atoms with Crippen molar-refractivity contribution < 1.29 is 14.3 Å². The highest BCUT2D eigenvalue weighted by Crippen LogP contribution is 2.20. The van der Waals surface area contributed by atoms with Gasteiger partial charge in [-0.2, -0.15) is 10.1 Å². The lowest BCUT2D eigenvalue weighted by Gasteiger charge is -2.05. The van der Waals surface area contributed by atoms with Crippen LogP contribution in [0.1, 0.15) is 36.8 Å². The van der Waals surface area contributed by atoms with Crippen LogP contribution in [0.2, 0.25) is 0 Å². The molecule has 3 aromatic rings. The van der Waals surface area contributed by atoms with Crippen LogP contribution in [-0.4, -0.2) is 32.8 Å². The van der Waals surface area contributed by atoms with E-state index in [1.165, 1.54) is 16.9 Å². The number of nitrogens with zero attached hydrogens (tertiary/aromatic N) is 4. The van der Waals surface area contributed by atoms with Gasteiger partial charge in [0.05, 0.1) is 16.8 Å². The SMILES string of the molecule is CCOC(=O)Cn1c(=NC(=O)c2ccnn2CC)sc2cc(CC)ccc21. The first-order valence-electron chi connectivity index (χ1n) is 8.96. The van der Waals surface area contributed by atoms with E-state index in [2.05, 4.69) is 23.1 Å². The summed E-state index contributed by atoms with van der Waals surface area (Å²) in [6, 6.07) is 7.70. The van der Waals surface area contributed by atoms with Crippen molar-refractivity contribution in [2.75, 3.05) is 6.61 Å². The molecule has 1 amide bonds. The number of aryl methyl sites for hydroxylation is 2. The zero-order chi connectivity index (χ0) is 19.4. The largest absolute Gasteiger partial charge is 0.465 e. The van der Waals surface area contributed by atoms with E-state index in [0.29, 0.717) is 23.6 Å². The van der Waals surface area contributed by atoms with Crippen LogP contribution in [0.4, 0.5) is 0 Å². The molecule has 7 nitrogen and oxygen atoms in total. The Kier molecular flexibility index (Phi) is 5.85. The lowest BCUT2D eigenvalue weighted by atomic mass is 10.2. The summed E-state index contributed by atoms with van der Waals surface area (Å²) >= 11 is 1.39. The number of hydrogen-bond donors (Lipinski definition) is 0. The lowest BCUT2D eigenvalue weighted by Crippen LogP contribution is -2.23. The molecule has 0 atom stereocenters. The smallest absolute Gasteiger partial charge is 0.326 e. The van der Waals surface area contributed by atoms with Crippen LogP contribution in [0.5, 0.6) is 0 Å². The fourth-order valence-corrected chi connectivity index (χ4v) is 3.91. The van der Waals surface area contributed by atoms with E-state index in [-0.39, 0.29) is 18.4 Å². The highest BCUT2D eigenvalue weighted by Gasteiger charge is 2.15. The molecular weight excluding hydrogens is 364 g/mol. The summed E-state index contributed by atoms with van der Waals surface area (Å²) in [6.07, 6.45) is 2.49. The molecule has 0 aliphatic carbocycles. The first-order chi connectivity index (χ1) is 13.1. The summed E-state index contributed by atoms with van der Waals surface area (Å²) < 4.78 is 9.40. The van der Waals surface area contributed by atoms with E-state index in [9.17, 15) is 9.59 Å². The maximum atomic E-state index is 12.7. The Morgan fingerprint density at radius 2 is 2.04 bits per heavy atom. The van der Waals surface area contributed by atoms with Crippen molar-refractivity contribution in [2.45, 2.75) is 40.3 Å². The van der Waals surface area contributed by atoms with E-state index in [1.54, 1.807) is 28.4 Å². The van der Waals surface area contributed by atoms with Gasteiger partial charge >= 0.3 is 5.97 Å². The zero-order valence-electron chi connectivity index (χ0n) is 15.6. The first-order valence-corrected chi connectivity index (χ1v) is 9.77. The third-order valence-electron chi connectivity index (χ3n) is 4.18. The van der Waals surface area contributed by atoms with Crippen LogP contribution in [-0.2, 0) is 29.0 Å². The lowest BCUT2D eigenvalue weighted by molar-refractivity contribution is -0.143. The molecule has 2 heterocycles. The van der Waals surface area contributed by atoms with Gasteiger partial charge in [0.1, 0.15) is 12.2 Å². The Balaban J connectivity index is 2.12. The average Bonchev–Trinajstić information content (AvgIpc) is 3.26. The number of carbonyl (C=O) groups excluding carboxylic acids is 2. The second-order valence-corrected chi connectivity index (χ2v) is 6.89. The Morgan fingerprint density at radius 1 is 1.22 bits per heavy atom. The molecule has 0 aliphatic heterocycles. The predicted octanol–water partition coefficient (Wildman–Crippen LogP) is 2.79. The minimum atomic E-state index is -0.380. The molecule has 0 radical (unpaired) electrons. The molecule has 0 fully saturated rings. The van der Waals surface area contributed by atoms with Crippen molar-refractivity contribution in [2.24, 2.45) is 4.99 Å². The highest BCUT2D eigenvalue weighted by atomic mass is 32.1. The highest BCUT2D eigenvalue weighted by molar-refractivity contribution is 7.16. The van der Waals surface area contributed by atoms with Crippen molar-refractivity contribution in [1.29, 1.82) is 0 Å². The number of hydrogen-bond acceptors (Lipinski definition) is 5. The Hall–Kier alpha value is -2.74. The number of carbonyl (C=O) groups is 2. The van der Waals surface area contributed by atoms with E-state index in [0.717, 1.165) is 16.6 Å². The number of fused-ring (bicyclic) bond motifs is 1. The number of ether oxygens (including phenoxy) is 1. The number of aromatic nitrogens is 3. The average molecular weight is 386 g/mol. The third kappa shape index (κ3) is 4.00. The molecule has 0 aliphatic rings. The first kappa shape index (κ1) is 19.0. The van der Waals surface area contributed by atoms with Gasteiger partial charge in [0.25, 0.3) is 5.91 Å². The molecule has 142 valence electrons. The molecule has 2 aromatic heterocycles. The number of thiazole rings is 1. The third-order valence-corrected chi connectivity index (χ3v) is 5.22. The molecular formula is C19H22N4O3S. The van der Waals surface area contributed by atoms with Crippen molar-refractivity contribution in [3.63, 3.8) is 0 Å². The van der Waals surface area contributed by atoms with E-state index in [1.807, 2.05) is 19.1 Å². The summed E-state index contributed by atoms with van der Waals surface area (Å²) in [5.74, 6) is -0.738. The second-order valence-electron chi connectivity index (χ2n) is 5.88. The summed E-state index contributed by atoms with van der Waals surface area (Å²) in [5, 5.41) is 4.12. The molecule has 0 bridgehead atoms. The summed E-state index contributed by atoms with van der Waals surface area (Å²) in [5.41, 5.74) is 2.47. The van der Waals surface area contributed by atoms with Crippen LogP contribution in [0, 0.1) is 0 Å². The van der Waals surface area contributed by atoms with Gasteiger partial charge in [-0.25, -0.2) is 0 Å². The van der Waals surface area contributed by atoms with Crippen LogP contribution in [0.15, 0.2) is 35.5 Å².